The normalized spacial score (nSPS) is 28.1. The standard InChI is InChI=1S/C25H40N2O4/c1-19(2)13-23-25(30-18-29-4,16-27(23)17-28-3)15-20-14-22(7-12-26-20)31-21-5-8-24(9-6-21)10-11-24/h7,12,14,19,21,23H,5-6,8-11,13,15-18H2,1-4H3/t23-,25-/m0/s1. The number of ether oxygens (including phenoxy) is 4. The predicted octanol–water partition coefficient (Wildman–Crippen LogP) is 4.42. The van der Waals surface area contributed by atoms with Crippen LogP contribution in [0.25, 0.3) is 0 Å². The van der Waals surface area contributed by atoms with Crippen LogP contribution in [0.15, 0.2) is 18.3 Å². The van der Waals surface area contributed by atoms with Crippen molar-refractivity contribution >= 4 is 0 Å². The molecule has 1 aromatic rings. The minimum Gasteiger partial charge on any atom is -0.490 e. The fourth-order valence-corrected chi connectivity index (χ4v) is 5.56. The van der Waals surface area contributed by atoms with Gasteiger partial charge in [0, 0.05) is 51.2 Å². The van der Waals surface area contributed by atoms with E-state index < -0.39 is 0 Å². The molecule has 0 unspecified atom stereocenters. The average Bonchev–Trinajstić information content (AvgIpc) is 3.51. The van der Waals surface area contributed by atoms with Crippen molar-refractivity contribution in [2.75, 3.05) is 34.3 Å². The molecule has 1 saturated heterocycles. The van der Waals surface area contributed by atoms with Crippen molar-refractivity contribution < 1.29 is 18.9 Å². The van der Waals surface area contributed by atoms with Gasteiger partial charge in [-0.3, -0.25) is 9.88 Å². The molecule has 1 aromatic heterocycles. The molecule has 174 valence electrons. The molecule has 2 heterocycles. The summed E-state index contributed by atoms with van der Waals surface area (Å²) in [6.07, 6.45) is 11.9. The number of hydrogen-bond acceptors (Lipinski definition) is 6. The first-order valence-electron chi connectivity index (χ1n) is 11.9. The van der Waals surface area contributed by atoms with E-state index in [1.165, 1.54) is 38.5 Å². The van der Waals surface area contributed by atoms with Crippen LogP contribution < -0.4 is 4.74 Å². The smallest absolute Gasteiger partial charge is 0.147 e. The Morgan fingerprint density at radius 1 is 1.13 bits per heavy atom. The van der Waals surface area contributed by atoms with E-state index in [1.807, 2.05) is 12.3 Å². The first kappa shape index (κ1) is 23.0. The summed E-state index contributed by atoms with van der Waals surface area (Å²) in [5.41, 5.74) is 1.40. The lowest BCUT2D eigenvalue weighted by Crippen LogP contribution is -2.72. The number of rotatable bonds is 11. The summed E-state index contributed by atoms with van der Waals surface area (Å²) < 4.78 is 23.4. The van der Waals surface area contributed by atoms with Gasteiger partial charge in [0.15, 0.2) is 0 Å². The largest absolute Gasteiger partial charge is 0.490 e. The van der Waals surface area contributed by atoms with Crippen LogP contribution in [0, 0.1) is 11.3 Å². The highest BCUT2D eigenvalue weighted by Crippen LogP contribution is 2.56. The number of hydrogen-bond donors (Lipinski definition) is 0. The molecule has 2 saturated carbocycles. The number of nitrogens with zero attached hydrogens (tertiary/aromatic N) is 2. The van der Waals surface area contributed by atoms with Gasteiger partial charge in [-0.25, -0.2) is 0 Å². The summed E-state index contributed by atoms with van der Waals surface area (Å²) in [5.74, 6) is 1.51. The average molecular weight is 433 g/mol. The minimum absolute atomic E-state index is 0.280. The quantitative estimate of drug-likeness (QED) is 0.483. The van der Waals surface area contributed by atoms with Gasteiger partial charge in [0.1, 0.15) is 18.1 Å². The maximum atomic E-state index is 6.38. The molecule has 0 radical (unpaired) electrons. The molecule has 31 heavy (non-hydrogen) atoms. The molecule has 1 aliphatic heterocycles. The topological polar surface area (TPSA) is 53.0 Å². The first-order valence-corrected chi connectivity index (χ1v) is 11.9. The van der Waals surface area contributed by atoms with Gasteiger partial charge in [-0.05, 0) is 62.3 Å². The maximum Gasteiger partial charge on any atom is 0.147 e. The number of aromatic nitrogens is 1. The number of pyridine rings is 1. The van der Waals surface area contributed by atoms with Crippen LogP contribution in [0.1, 0.15) is 64.5 Å². The lowest BCUT2D eigenvalue weighted by atomic mass is 9.75. The van der Waals surface area contributed by atoms with E-state index in [-0.39, 0.29) is 18.4 Å². The third kappa shape index (κ3) is 5.41. The Bertz CT molecular complexity index is 713. The van der Waals surface area contributed by atoms with Crippen molar-refractivity contribution in [3.8, 4) is 5.75 Å². The van der Waals surface area contributed by atoms with Gasteiger partial charge in [-0.15, -0.1) is 0 Å². The predicted molar refractivity (Wildman–Crippen MR) is 120 cm³/mol. The van der Waals surface area contributed by atoms with Crippen LogP contribution in [-0.4, -0.2) is 61.9 Å². The van der Waals surface area contributed by atoms with Crippen molar-refractivity contribution in [3.05, 3.63) is 24.0 Å². The van der Waals surface area contributed by atoms with Gasteiger partial charge in [-0.1, -0.05) is 13.8 Å². The zero-order valence-corrected chi connectivity index (χ0v) is 19.8. The summed E-state index contributed by atoms with van der Waals surface area (Å²) >= 11 is 0. The van der Waals surface area contributed by atoms with Crippen LogP contribution in [-0.2, 0) is 20.6 Å². The molecule has 2 aliphatic carbocycles. The Balaban J connectivity index is 1.43. The molecule has 6 heteroatoms. The van der Waals surface area contributed by atoms with Crippen LogP contribution in [0.4, 0.5) is 0 Å². The van der Waals surface area contributed by atoms with Crippen molar-refractivity contribution in [1.82, 2.24) is 9.88 Å². The monoisotopic (exact) mass is 432 g/mol. The summed E-state index contributed by atoms with van der Waals surface area (Å²) in [5, 5.41) is 0. The first-order chi connectivity index (χ1) is 15.0. The number of methoxy groups -OCH3 is 2. The number of likely N-dealkylation sites (tertiary alicyclic amines) is 1. The van der Waals surface area contributed by atoms with Gasteiger partial charge in [0.2, 0.25) is 0 Å². The van der Waals surface area contributed by atoms with Crippen molar-refractivity contribution in [2.45, 2.75) is 83.0 Å². The van der Waals surface area contributed by atoms with Gasteiger partial charge in [0.25, 0.3) is 0 Å². The van der Waals surface area contributed by atoms with Crippen molar-refractivity contribution in [1.29, 1.82) is 0 Å². The second-order valence-electron chi connectivity index (χ2n) is 10.4. The van der Waals surface area contributed by atoms with Gasteiger partial charge < -0.3 is 18.9 Å². The summed E-state index contributed by atoms with van der Waals surface area (Å²) in [4.78, 5) is 7.03. The third-order valence-corrected chi connectivity index (χ3v) is 7.49. The van der Waals surface area contributed by atoms with E-state index in [9.17, 15) is 0 Å². The molecule has 1 spiro atoms. The van der Waals surface area contributed by atoms with E-state index in [0.29, 0.717) is 24.2 Å². The molecule has 0 amide bonds. The molecule has 0 aromatic carbocycles. The molecule has 3 aliphatic rings. The highest BCUT2D eigenvalue weighted by atomic mass is 16.7. The Labute approximate surface area is 187 Å². The van der Waals surface area contributed by atoms with E-state index in [4.69, 9.17) is 18.9 Å². The minimum atomic E-state index is -0.312. The Hall–Kier alpha value is -1.21. The maximum absolute atomic E-state index is 6.38. The fourth-order valence-electron chi connectivity index (χ4n) is 5.56. The Morgan fingerprint density at radius 3 is 2.55 bits per heavy atom. The zero-order chi connectivity index (χ0) is 21.9. The van der Waals surface area contributed by atoms with E-state index in [0.717, 1.165) is 30.8 Å². The van der Waals surface area contributed by atoms with E-state index in [1.54, 1.807) is 14.2 Å². The Kier molecular flexibility index (Phi) is 7.21. The van der Waals surface area contributed by atoms with Crippen LogP contribution in [0.2, 0.25) is 0 Å². The zero-order valence-electron chi connectivity index (χ0n) is 19.8. The molecule has 0 bridgehead atoms. The van der Waals surface area contributed by atoms with Crippen LogP contribution in [0.3, 0.4) is 0 Å². The van der Waals surface area contributed by atoms with Gasteiger partial charge in [0.05, 0.1) is 12.8 Å². The second kappa shape index (κ2) is 9.74. The van der Waals surface area contributed by atoms with Crippen LogP contribution >= 0.6 is 0 Å². The summed E-state index contributed by atoms with van der Waals surface area (Å²) in [6, 6.07) is 4.39. The Morgan fingerprint density at radius 2 is 1.90 bits per heavy atom. The lowest BCUT2D eigenvalue weighted by molar-refractivity contribution is -0.243. The fraction of sp³-hybridized carbons (Fsp3) is 0.800. The molecule has 6 nitrogen and oxygen atoms in total. The summed E-state index contributed by atoms with van der Waals surface area (Å²) in [6.45, 7) is 6.24. The van der Waals surface area contributed by atoms with Gasteiger partial charge >= 0.3 is 0 Å². The van der Waals surface area contributed by atoms with Gasteiger partial charge in [-0.2, -0.15) is 0 Å². The summed E-state index contributed by atoms with van der Waals surface area (Å²) in [7, 11) is 3.43. The highest BCUT2D eigenvalue weighted by molar-refractivity contribution is 5.26. The molecule has 2 atom stereocenters. The third-order valence-electron chi connectivity index (χ3n) is 7.49. The van der Waals surface area contributed by atoms with E-state index in [2.05, 4.69) is 29.8 Å². The highest BCUT2D eigenvalue weighted by Gasteiger charge is 2.54. The molecule has 3 fully saturated rings. The molecular weight excluding hydrogens is 392 g/mol. The molecule has 0 N–H and O–H groups in total. The van der Waals surface area contributed by atoms with Crippen molar-refractivity contribution in [3.63, 3.8) is 0 Å². The second-order valence-corrected chi connectivity index (χ2v) is 10.4. The molecule has 4 rings (SSSR count). The SMILES string of the molecule is COCO[C@@]1(Cc2cc(OC3CCC4(CC3)CC4)ccn2)CN(COC)[C@H]1CC(C)C. The van der Waals surface area contributed by atoms with Crippen LogP contribution in [0.5, 0.6) is 5.75 Å². The molecular formula is C25H40N2O4. The van der Waals surface area contributed by atoms with E-state index >= 15 is 0 Å². The van der Waals surface area contributed by atoms with Crippen molar-refractivity contribution in [2.24, 2.45) is 11.3 Å². The lowest BCUT2D eigenvalue weighted by Gasteiger charge is -2.57.